The Hall–Kier alpha value is -1.44. The van der Waals surface area contributed by atoms with E-state index in [4.69, 9.17) is 0 Å². The molecule has 7 heteroatoms. The van der Waals surface area contributed by atoms with E-state index < -0.39 is 11.2 Å². The number of hydrogen-bond donors (Lipinski definition) is 1. The van der Waals surface area contributed by atoms with Gasteiger partial charge in [0.05, 0.1) is 5.39 Å². The van der Waals surface area contributed by atoms with E-state index in [1.807, 2.05) is 36.6 Å². The fraction of sp³-hybridized carbons (Fsp3) is 0.188. The van der Waals surface area contributed by atoms with Gasteiger partial charge in [0.1, 0.15) is 21.4 Å². The van der Waals surface area contributed by atoms with Gasteiger partial charge in [-0.05, 0) is 24.1 Å². The van der Waals surface area contributed by atoms with Crippen LogP contribution in [-0.2, 0) is 4.79 Å². The third-order valence-electron chi connectivity index (χ3n) is 3.39. The van der Waals surface area contributed by atoms with Crippen LogP contribution in [0.5, 0.6) is 0 Å². The molecule has 0 aliphatic rings. The predicted octanol–water partition coefficient (Wildman–Crippen LogP) is 5.08. The Kier molecular flexibility index (Phi) is 4.99. The Balaban J connectivity index is 2.10. The highest BCUT2D eigenvalue weighted by Gasteiger charge is 2.21. The van der Waals surface area contributed by atoms with Crippen molar-refractivity contribution in [1.82, 2.24) is 9.97 Å². The topological polar surface area (TPSA) is 63.1 Å². The zero-order valence-corrected chi connectivity index (χ0v) is 15.4. The van der Waals surface area contributed by atoms with Gasteiger partial charge in [0.15, 0.2) is 0 Å². The lowest BCUT2D eigenvalue weighted by atomic mass is 10.1. The van der Waals surface area contributed by atoms with Crippen LogP contribution < -0.4 is 0 Å². The molecule has 0 unspecified atom stereocenters. The number of rotatable bonds is 5. The van der Waals surface area contributed by atoms with Crippen molar-refractivity contribution in [2.24, 2.45) is 0 Å². The van der Waals surface area contributed by atoms with Gasteiger partial charge in [0.25, 0.3) is 0 Å². The molecule has 0 spiro atoms. The molecule has 3 rings (SSSR count). The van der Waals surface area contributed by atoms with Gasteiger partial charge in [-0.15, -0.1) is 11.3 Å². The van der Waals surface area contributed by atoms with Crippen molar-refractivity contribution in [1.29, 1.82) is 0 Å². The third-order valence-corrected chi connectivity index (χ3v) is 6.16. The highest BCUT2D eigenvalue weighted by molar-refractivity contribution is 9.10. The van der Waals surface area contributed by atoms with Crippen LogP contribution in [0.4, 0.5) is 0 Å². The second-order valence-electron chi connectivity index (χ2n) is 4.87. The maximum absolute atomic E-state index is 11.3. The molecule has 1 atom stereocenters. The van der Waals surface area contributed by atoms with Gasteiger partial charge >= 0.3 is 5.97 Å². The summed E-state index contributed by atoms with van der Waals surface area (Å²) in [6.07, 6.45) is 2.05. The summed E-state index contributed by atoms with van der Waals surface area (Å²) in [5.41, 5.74) is 2.11. The average Bonchev–Trinajstić information content (AvgIpc) is 2.98. The summed E-state index contributed by atoms with van der Waals surface area (Å²) in [6.45, 7) is 1.87. The van der Waals surface area contributed by atoms with Crippen LogP contribution in [0.3, 0.4) is 0 Å². The molecule has 0 fully saturated rings. The first-order chi connectivity index (χ1) is 11.1. The van der Waals surface area contributed by atoms with E-state index >= 15 is 0 Å². The summed E-state index contributed by atoms with van der Waals surface area (Å²) in [5, 5.41) is 12.5. The number of aliphatic carboxylic acids is 1. The lowest BCUT2D eigenvalue weighted by Crippen LogP contribution is -2.15. The largest absolute Gasteiger partial charge is 0.480 e. The van der Waals surface area contributed by atoms with Crippen molar-refractivity contribution in [3.05, 3.63) is 40.4 Å². The average molecular weight is 409 g/mol. The molecule has 3 aromatic rings. The highest BCUT2D eigenvalue weighted by Crippen LogP contribution is 2.39. The minimum atomic E-state index is -0.815. The summed E-state index contributed by atoms with van der Waals surface area (Å²) in [6, 6.07) is 8.03. The monoisotopic (exact) mass is 408 g/mol. The van der Waals surface area contributed by atoms with Gasteiger partial charge in [0.2, 0.25) is 0 Å². The highest BCUT2D eigenvalue weighted by atomic mass is 79.9. The SMILES string of the molecule is CC[C@@H](Sc1ncnc2scc(-c3ccc(Br)cc3)c12)C(=O)O. The molecule has 0 radical (unpaired) electrons. The van der Waals surface area contributed by atoms with Crippen molar-refractivity contribution in [2.45, 2.75) is 23.6 Å². The number of thiophene rings is 1. The van der Waals surface area contributed by atoms with Crippen molar-refractivity contribution < 1.29 is 9.90 Å². The molecular weight excluding hydrogens is 396 g/mol. The second-order valence-corrected chi connectivity index (χ2v) is 7.83. The number of aromatic nitrogens is 2. The minimum absolute atomic E-state index is 0.509. The Labute approximate surface area is 150 Å². The fourth-order valence-electron chi connectivity index (χ4n) is 2.22. The van der Waals surface area contributed by atoms with Crippen LogP contribution in [0, 0.1) is 0 Å². The van der Waals surface area contributed by atoms with Gasteiger partial charge in [-0.2, -0.15) is 0 Å². The summed E-state index contributed by atoms with van der Waals surface area (Å²) >= 11 is 6.28. The molecule has 0 amide bonds. The number of nitrogens with zero attached hydrogens (tertiary/aromatic N) is 2. The van der Waals surface area contributed by atoms with Gasteiger partial charge < -0.3 is 5.11 Å². The predicted molar refractivity (Wildman–Crippen MR) is 98.1 cm³/mol. The molecule has 0 bridgehead atoms. The maximum Gasteiger partial charge on any atom is 0.317 e. The maximum atomic E-state index is 11.3. The standard InChI is InChI=1S/C16H13BrN2O2S2/c1-2-12(16(20)21)23-15-13-11(7-22-14(13)18-8-19-15)9-3-5-10(17)6-4-9/h3-8,12H,2H2,1H3,(H,20,21)/t12-/m1/s1. The lowest BCUT2D eigenvalue weighted by molar-refractivity contribution is -0.136. The zero-order valence-electron chi connectivity index (χ0n) is 12.2. The molecule has 118 valence electrons. The number of carbonyl (C=O) groups is 1. The molecular formula is C16H13BrN2O2S2. The van der Waals surface area contributed by atoms with Crippen LogP contribution in [-0.4, -0.2) is 26.3 Å². The Morgan fingerprint density at radius 1 is 1.35 bits per heavy atom. The van der Waals surface area contributed by atoms with Crippen molar-refractivity contribution in [2.75, 3.05) is 0 Å². The van der Waals surface area contributed by atoms with Crippen molar-refractivity contribution >= 4 is 55.2 Å². The Morgan fingerprint density at radius 3 is 2.74 bits per heavy atom. The zero-order chi connectivity index (χ0) is 16.4. The summed E-state index contributed by atoms with van der Waals surface area (Å²) in [4.78, 5) is 20.9. The van der Waals surface area contributed by atoms with Crippen LogP contribution in [0.15, 0.2) is 45.5 Å². The smallest absolute Gasteiger partial charge is 0.317 e. The van der Waals surface area contributed by atoms with Crippen molar-refractivity contribution in [3.8, 4) is 11.1 Å². The number of carboxylic acids is 1. The molecule has 1 aromatic carbocycles. The fourth-order valence-corrected chi connectivity index (χ4v) is 4.44. The molecule has 2 aromatic heterocycles. The molecule has 2 heterocycles. The molecule has 0 aliphatic carbocycles. The van der Waals surface area contributed by atoms with E-state index in [9.17, 15) is 9.90 Å². The molecule has 23 heavy (non-hydrogen) atoms. The summed E-state index contributed by atoms with van der Waals surface area (Å²) in [5.74, 6) is -0.815. The summed E-state index contributed by atoms with van der Waals surface area (Å²) in [7, 11) is 0. The number of hydrogen-bond acceptors (Lipinski definition) is 5. The van der Waals surface area contributed by atoms with Crippen LogP contribution in [0.25, 0.3) is 21.3 Å². The molecule has 0 saturated carbocycles. The number of benzene rings is 1. The van der Waals surface area contributed by atoms with Crippen molar-refractivity contribution in [3.63, 3.8) is 0 Å². The number of halogens is 1. The normalized spacial score (nSPS) is 12.4. The number of carboxylic acid groups (broad SMARTS) is 1. The first-order valence-corrected chi connectivity index (χ1v) is 9.53. The van der Waals surface area contributed by atoms with E-state index in [2.05, 4.69) is 25.9 Å². The van der Waals surface area contributed by atoms with Gasteiger partial charge in [-0.1, -0.05) is 46.7 Å². The van der Waals surface area contributed by atoms with Crippen LogP contribution in [0.1, 0.15) is 13.3 Å². The molecule has 1 N–H and O–H groups in total. The molecule has 0 saturated heterocycles. The van der Waals surface area contributed by atoms with Gasteiger partial charge in [-0.25, -0.2) is 9.97 Å². The van der Waals surface area contributed by atoms with E-state index in [1.54, 1.807) is 11.3 Å². The Bertz CT molecular complexity index is 849. The number of thioether (sulfide) groups is 1. The number of fused-ring (bicyclic) bond motifs is 1. The third kappa shape index (κ3) is 3.41. The quantitative estimate of drug-likeness (QED) is 0.471. The van der Waals surface area contributed by atoms with Gasteiger partial charge in [-0.3, -0.25) is 4.79 Å². The first-order valence-electron chi connectivity index (χ1n) is 6.97. The van der Waals surface area contributed by atoms with E-state index in [-0.39, 0.29) is 0 Å². The molecule has 4 nitrogen and oxygen atoms in total. The van der Waals surface area contributed by atoms with Gasteiger partial charge in [0, 0.05) is 15.4 Å². The second kappa shape index (κ2) is 6.98. The minimum Gasteiger partial charge on any atom is -0.480 e. The first kappa shape index (κ1) is 16.4. The van der Waals surface area contributed by atoms with E-state index in [1.165, 1.54) is 18.1 Å². The Morgan fingerprint density at radius 2 is 2.09 bits per heavy atom. The van der Waals surface area contributed by atoms with Crippen LogP contribution in [0.2, 0.25) is 0 Å². The summed E-state index contributed by atoms with van der Waals surface area (Å²) < 4.78 is 1.02. The van der Waals surface area contributed by atoms with Crippen LogP contribution >= 0.6 is 39.0 Å². The van der Waals surface area contributed by atoms with E-state index in [0.717, 1.165) is 30.8 Å². The lowest BCUT2D eigenvalue weighted by Gasteiger charge is -2.10. The van der Waals surface area contributed by atoms with E-state index in [0.29, 0.717) is 6.42 Å². The molecule has 0 aliphatic heterocycles.